The molecule has 1 aromatic carbocycles. The lowest BCUT2D eigenvalue weighted by atomic mass is 9.94. The molecule has 7 nitrogen and oxygen atoms in total. The van der Waals surface area contributed by atoms with Gasteiger partial charge in [-0.1, -0.05) is 0 Å². The van der Waals surface area contributed by atoms with E-state index < -0.39 is 0 Å². The Morgan fingerprint density at radius 1 is 1.08 bits per heavy atom. The number of rotatable bonds is 5. The third kappa shape index (κ3) is 3.00. The van der Waals surface area contributed by atoms with E-state index in [1.54, 1.807) is 19.1 Å². The number of H-pyrrole nitrogens is 1. The molecule has 26 heavy (non-hydrogen) atoms. The van der Waals surface area contributed by atoms with Gasteiger partial charge in [0.15, 0.2) is 17.3 Å². The molecular weight excluding hydrogens is 336 g/mol. The Morgan fingerprint density at radius 2 is 1.73 bits per heavy atom. The van der Waals surface area contributed by atoms with Gasteiger partial charge in [0.1, 0.15) is 5.69 Å². The highest BCUT2D eigenvalue weighted by molar-refractivity contribution is 6.08. The highest BCUT2D eigenvalue weighted by atomic mass is 16.5. The zero-order chi connectivity index (χ0) is 18.8. The first-order chi connectivity index (χ1) is 12.5. The predicted molar refractivity (Wildman–Crippen MR) is 96.8 cm³/mol. The summed E-state index contributed by atoms with van der Waals surface area (Å²) in [5, 5.41) is 2.83. The third-order valence-electron chi connectivity index (χ3n) is 4.59. The molecule has 1 amide bonds. The number of benzene rings is 1. The SMILES string of the molecule is COc1cc(NC(=O)c2[nH]c3c(c2C)C(=O)CCC3)cc(OC)c1OC. The van der Waals surface area contributed by atoms with Crippen LogP contribution < -0.4 is 19.5 Å². The highest BCUT2D eigenvalue weighted by Crippen LogP contribution is 2.40. The number of methoxy groups -OCH3 is 3. The van der Waals surface area contributed by atoms with Crippen molar-refractivity contribution in [2.24, 2.45) is 0 Å². The smallest absolute Gasteiger partial charge is 0.272 e. The minimum absolute atomic E-state index is 0.0897. The number of aromatic amines is 1. The van der Waals surface area contributed by atoms with E-state index in [9.17, 15) is 9.59 Å². The number of ketones is 1. The number of nitrogens with one attached hydrogen (secondary N) is 2. The Hall–Kier alpha value is -2.96. The number of Topliss-reactive ketones (excluding diaryl/α,β-unsaturated/α-hetero) is 1. The van der Waals surface area contributed by atoms with Crippen LogP contribution in [0.5, 0.6) is 17.2 Å². The zero-order valence-electron chi connectivity index (χ0n) is 15.3. The average molecular weight is 358 g/mol. The Labute approximate surface area is 151 Å². The lowest BCUT2D eigenvalue weighted by molar-refractivity contribution is 0.0971. The first-order valence-electron chi connectivity index (χ1n) is 8.36. The topological polar surface area (TPSA) is 89.7 Å². The number of amides is 1. The molecule has 0 atom stereocenters. The van der Waals surface area contributed by atoms with Crippen LogP contribution >= 0.6 is 0 Å². The van der Waals surface area contributed by atoms with Gasteiger partial charge in [-0.05, 0) is 25.3 Å². The van der Waals surface area contributed by atoms with Crippen LogP contribution in [0, 0.1) is 6.92 Å². The predicted octanol–water partition coefficient (Wildman–Crippen LogP) is 3.12. The van der Waals surface area contributed by atoms with Crippen LogP contribution in [-0.2, 0) is 6.42 Å². The van der Waals surface area contributed by atoms with Crippen LogP contribution in [0.4, 0.5) is 5.69 Å². The van der Waals surface area contributed by atoms with Gasteiger partial charge < -0.3 is 24.5 Å². The second-order valence-electron chi connectivity index (χ2n) is 6.12. The molecule has 7 heteroatoms. The summed E-state index contributed by atoms with van der Waals surface area (Å²) in [4.78, 5) is 28.0. The maximum absolute atomic E-state index is 12.7. The molecule has 0 spiro atoms. The molecule has 0 unspecified atom stereocenters. The molecule has 0 saturated carbocycles. The van der Waals surface area contributed by atoms with Crippen molar-refractivity contribution in [3.63, 3.8) is 0 Å². The molecule has 138 valence electrons. The van der Waals surface area contributed by atoms with Gasteiger partial charge in [0.2, 0.25) is 5.75 Å². The number of aryl methyl sites for hydroxylation is 1. The van der Waals surface area contributed by atoms with Gasteiger partial charge in [0, 0.05) is 35.5 Å². The monoisotopic (exact) mass is 358 g/mol. The van der Waals surface area contributed by atoms with E-state index in [0.29, 0.717) is 46.2 Å². The van der Waals surface area contributed by atoms with Crippen LogP contribution in [0.15, 0.2) is 12.1 Å². The molecule has 0 fully saturated rings. The van der Waals surface area contributed by atoms with E-state index in [0.717, 1.165) is 18.5 Å². The fourth-order valence-corrected chi connectivity index (χ4v) is 3.35. The van der Waals surface area contributed by atoms with Crippen molar-refractivity contribution in [2.75, 3.05) is 26.6 Å². The molecule has 2 N–H and O–H groups in total. The lowest BCUT2D eigenvalue weighted by Gasteiger charge is -2.14. The quantitative estimate of drug-likeness (QED) is 0.857. The van der Waals surface area contributed by atoms with Gasteiger partial charge >= 0.3 is 0 Å². The van der Waals surface area contributed by atoms with E-state index in [4.69, 9.17) is 14.2 Å². The number of hydrogen-bond donors (Lipinski definition) is 2. The second kappa shape index (κ2) is 7.11. The van der Waals surface area contributed by atoms with Crippen LogP contribution in [-0.4, -0.2) is 38.0 Å². The lowest BCUT2D eigenvalue weighted by Crippen LogP contribution is -2.14. The van der Waals surface area contributed by atoms with Gasteiger partial charge in [0.25, 0.3) is 5.91 Å². The summed E-state index contributed by atoms with van der Waals surface area (Å²) in [6, 6.07) is 3.31. The Bertz CT molecular complexity index is 844. The summed E-state index contributed by atoms with van der Waals surface area (Å²) in [6.45, 7) is 1.79. The largest absolute Gasteiger partial charge is 0.493 e. The van der Waals surface area contributed by atoms with E-state index in [2.05, 4.69) is 10.3 Å². The van der Waals surface area contributed by atoms with Gasteiger partial charge in [-0.15, -0.1) is 0 Å². The number of carbonyl (C=O) groups excluding carboxylic acids is 2. The molecule has 0 aliphatic heterocycles. The number of hydrogen-bond acceptors (Lipinski definition) is 5. The molecular formula is C19H22N2O5. The van der Waals surface area contributed by atoms with Crippen LogP contribution in [0.3, 0.4) is 0 Å². The summed E-state index contributed by atoms with van der Waals surface area (Å²) in [5.74, 6) is 1.11. The van der Waals surface area contributed by atoms with Crippen molar-refractivity contribution in [1.82, 2.24) is 4.98 Å². The molecule has 1 aromatic heterocycles. The fourth-order valence-electron chi connectivity index (χ4n) is 3.35. The van der Waals surface area contributed by atoms with Crippen molar-refractivity contribution in [2.45, 2.75) is 26.2 Å². The Morgan fingerprint density at radius 3 is 2.27 bits per heavy atom. The summed E-state index contributed by atoms with van der Waals surface area (Å²) in [5.41, 5.74) is 3.09. The molecule has 0 saturated heterocycles. The van der Waals surface area contributed by atoms with Crippen molar-refractivity contribution >= 4 is 17.4 Å². The standard InChI is InChI=1S/C19H22N2O5/c1-10-16-12(6-5-7-13(16)22)21-17(10)19(23)20-11-8-14(24-2)18(26-4)15(9-11)25-3/h8-9,21H,5-7H2,1-4H3,(H,20,23). The van der Waals surface area contributed by atoms with E-state index in [1.807, 2.05) is 0 Å². The van der Waals surface area contributed by atoms with Crippen molar-refractivity contribution in [3.05, 3.63) is 34.6 Å². The molecule has 1 aliphatic carbocycles. The van der Waals surface area contributed by atoms with Crippen molar-refractivity contribution in [1.29, 1.82) is 0 Å². The normalized spacial score (nSPS) is 13.2. The molecule has 3 rings (SSSR count). The van der Waals surface area contributed by atoms with Gasteiger partial charge in [0.05, 0.1) is 21.3 Å². The van der Waals surface area contributed by atoms with Gasteiger partial charge in [-0.25, -0.2) is 0 Å². The first-order valence-corrected chi connectivity index (χ1v) is 8.36. The van der Waals surface area contributed by atoms with E-state index >= 15 is 0 Å². The summed E-state index contributed by atoms with van der Waals surface area (Å²) in [6.07, 6.45) is 2.11. The molecule has 1 heterocycles. The summed E-state index contributed by atoms with van der Waals surface area (Å²) < 4.78 is 15.9. The number of aromatic nitrogens is 1. The maximum atomic E-state index is 12.7. The zero-order valence-corrected chi connectivity index (χ0v) is 15.3. The van der Waals surface area contributed by atoms with Gasteiger partial charge in [-0.2, -0.15) is 0 Å². The van der Waals surface area contributed by atoms with Crippen LogP contribution in [0.25, 0.3) is 0 Å². The van der Waals surface area contributed by atoms with Gasteiger partial charge in [-0.3, -0.25) is 9.59 Å². The molecule has 0 radical (unpaired) electrons. The maximum Gasteiger partial charge on any atom is 0.272 e. The average Bonchev–Trinajstić information content (AvgIpc) is 2.98. The number of anilines is 1. The van der Waals surface area contributed by atoms with Crippen LogP contribution in [0.1, 0.15) is 44.9 Å². The third-order valence-corrected chi connectivity index (χ3v) is 4.59. The molecule has 1 aliphatic rings. The molecule has 2 aromatic rings. The van der Waals surface area contributed by atoms with E-state index in [1.165, 1.54) is 21.3 Å². The first kappa shape index (κ1) is 17.8. The second-order valence-corrected chi connectivity index (χ2v) is 6.12. The highest BCUT2D eigenvalue weighted by Gasteiger charge is 2.26. The summed E-state index contributed by atoms with van der Waals surface area (Å²) >= 11 is 0. The minimum Gasteiger partial charge on any atom is -0.493 e. The van der Waals surface area contributed by atoms with Crippen molar-refractivity contribution < 1.29 is 23.8 Å². The Balaban J connectivity index is 1.93. The Kier molecular flexibility index (Phi) is 4.88. The van der Waals surface area contributed by atoms with E-state index in [-0.39, 0.29) is 11.7 Å². The minimum atomic E-state index is -0.320. The number of ether oxygens (including phenoxy) is 3. The van der Waals surface area contributed by atoms with Crippen LogP contribution in [0.2, 0.25) is 0 Å². The van der Waals surface area contributed by atoms with Crippen molar-refractivity contribution in [3.8, 4) is 17.2 Å². The summed E-state index contributed by atoms with van der Waals surface area (Å²) in [7, 11) is 4.54. The number of carbonyl (C=O) groups is 2. The molecule has 0 bridgehead atoms. The fraction of sp³-hybridized carbons (Fsp3) is 0.368. The number of fused-ring (bicyclic) bond motifs is 1.